The van der Waals surface area contributed by atoms with Gasteiger partial charge in [-0.2, -0.15) is 0 Å². The molecule has 1 saturated heterocycles. The molecule has 1 aromatic carbocycles. The Morgan fingerprint density at radius 1 is 1.32 bits per heavy atom. The number of likely N-dealkylation sites (N-methyl/N-ethyl adjacent to an activating group) is 2. The molecule has 152 valence electrons. The van der Waals surface area contributed by atoms with E-state index in [1.54, 1.807) is 25.8 Å². The average Bonchev–Trinajstić information content (AvgIpc) is 2.85. The molecule has 1 fully saturated rings. The van der Waals surface area contributed by atoms with Crippen molar-refractivity contribution in [1.29, 1.82) is 0 Å². The third-order valence-corrected chi connectivity index (χ3v) is 5.20. The van der Waals surface area contributed by atoms with Crippen molar-refractivity contribution in [3.8, 4) is 5.75 Å². The third-order valence-electron chi connectivity index (χ3n) is 5.20. The van der Waals surface area contributed by atoms with Gasteiger partial charge >= 0.3 is 6.03 Å². The van der Waals surface area contributed by atoms with Crippen LogP contribution in [0.25, 0.3) is 0 Å². The summed E-state index contributed by atoms with van der Waals surface area (Å²) in [5.74, 6) is 0.387. The quantitative estimate of drug-likeness (QED) is 0.746. The number of carbonyl (C=O) groups is 3. The van der Waals surface area contributed by atoms with Crippen LogP contribution in [0.1, 0.15) is 27.2 Å². The first kappa shape index (κ1) is 20.0. The number of para-hydroxylation sites is 2. The molecule has 2 heterocycles. The molecule has 0 radical (unpaired) electrons. The first-order chi connectivity index (χ1) is 13.2. The zero-order valence-corrected chi connectivity index (χ0v) is 16.9. The van der Waals surface area contributed by atoms with Gasteiger partial charge in [0.15, 0.2) is 0 Å². The van der Waals surface area contributed by atoms with Gasteiger partial charge in [-0.05, 0) is 32.9 Å². The second kappa shape index (κ2) is 7.69. The van der Waals surface area contributed by atoms with Crippen molar-refractivity contribution in [2.45, 2.75) is 38.8 Å². The fourth-order valence-corrected chi connectivity index (χ4v) is 3.60. The van der Waals surface area contributed by atoms with Crippen molar-refractivity contribution in [3.05, 3.63) is 24.3 Å². The summed E-state index contributed by atoms with van der Waals surface area (Å²) in [4.78, 5) is 41.6. The maximum Gasteiger partial charge on any atom is 0.325 e. The summed E-state index contributed by atoms with van der Waals surface area (Å²) >= 11 is 0. The van der Waals surface area contributed by atoms with Gasteiger partial charge in [0.05, 0.1) is 18.8 Å². The molecule has 0 aromatic heterocycles. The standard InChI is InChI=1S/C20H28N4O4/c1-5-23-13-14(28-16-9-7-6-8-15(16)23)12-22(4)17(25)10-11-24-18(26)20(2,3)21-19(24)27/h6-9,14H,5,10-13H2,1-4H3,(H,21,27)/t14-/m0/s1. The Balaban J connectivity index is 1.55. The van der Waals surface area contributed by atoms with Crippen LogP contribution in [0.5, 0.6) is 5.75 Å². The lowest BCUT2D eigenvalue weighted by atomic mass is 10.1. The summed E-state index contributed by atoms with van der Waals surface area (Å²) in [7, 11) is 1.72. The van der Waals surface area contributed by atoms with Crippen LogP contribution < -0.4 is 15.0 Å². The molecule has 8 nitrogen and oxygen atoms in total. The Labute approximate surface area is 165 Å². The highest BCUT2D eigenvalue weighted by Crippen LogP contribution is 2.32. The van der Waals surface area contributed by atoms with Crippen LogP contribution in [-0.4, -0.2) is 72.5 Å². The number of rotatable bonds is 6. The molecule has 8 heteroatoms. The number of nitrogens with one attached hydrogen (secondary N) is 1. The fraction of sp³-hybridized carbons (Fsp3) is 0.550. The van der Waals surface area contributed by atoms with E-state index in [1.165, 1.54) is 0 Å². The molecule has 0 unspecified atom stereocenters. The number of hydrogen-bond acceptors (Lipinski definition) is 5. The van der Waals surface area contributed by atoms with Gasteiger partial charge in [-0.1, -0.05) is 12.1 Å². The third kappa shape index (κ3) is 3.90. The van der Waals surface area contributed by atoms with Crippen molar-refractivity contribution in [2.24, 2.45) is 0 Å². The molecule has 3 rings (SSSR count). The number of urea groups is 1. The van der Waals surface area contributed by atoms with Crippen LogP contribution in [0.15, 0.2) is 24.3 Å². The van der Waals surface area contributed by atoms with E-state index < -0.39 is 11.6 Å². The summed E-state index contributed by atoms with van der Waals surface area (Å²) in [5.41, 5.74) is 0.148. The van der Waals surface area contributed by atoms with E-state index in [2.05, 4.69) is 17.1 Å². The molecule has 4 amide bonds. The van der Waals surface area contributed by atoms with E-state index in [0.717, 1.165) is 22.9 Å². The molecule has 2 aliphatic rings. The molecule has 1 atom stereocenters. The Kier molecular flexibility index (Phi) is 5.49. The maximum absolute atomic E-state index is 12.5. The minimum absolute atomic E-state index is 0.0761. The first-order valence-corrected chi connectivity index (χ1v) is 9.61. The van der Waals surface area contributed by atoms with Gasteiger partial charge < -0.3 is 19.9 Å². The summed E-state index contributed by atoms with van der Waals surface area (Å²) in [6, 6.07) is 7.44. The van der Waals surface area contributed by atoms with E-state index in [1.807, 2.05) is 24.3 Å². The number of fused-ring (bicyclic) bond motifs is 1. The first-order valence-electron chi connectivity index (χ1n) is 9.61. The summed E-state index contributed by atoms with van der Waals surface area (Å²) in [5, 5.41) is 2.62. The van der Waals surface area contributed by atoms with Crippen molar-refractivity contribution >= 4 is 23.5 Å². The number of benzene rings is 1. The van der Waals surface area contributed by atoms with Crippen LogP contribution in [0, 0.1) is 0 Å². The number of nitrogens with zero attached hydrogens (tertiary/aromatic N) is 3. The molecule has 1 N–H and O–H groups in total. The fourth-order valence-electron chi connectivity index (χ4n) is 3.60. The van der Waals surface area contributed by atoms with Gasteiger partial charge in [0.25, 0.3) is 5.91 Å². The van der Waals surface area contributed by atoms with E-state index in [0.29, 0.717) is 13.1 Å². The molecule has 1 aromatic rings. The Bertz CT molecular complexity index is 779. The summed E-state index contributed by atoms with van der Waals surface area (Å²) in [6.07, 6.45) is -0.0496. The topological polar surface area (TPSA) is 82.2 Å². The van der Waals surface area contributed by atoms with Crippen LogP contribution >= 0.6 is 0 Å². The van der Waals surface area contributed by atoms with Gasteiger partial charge in [0.2, 0.25) is 5.91 Å². The highest BCUT2D eigenvalue weighted by molar-refractivity contribution is 6.06. The van der Waals surface area contributed by atoms with Gasteiger partial charge in [-0.15, -0.1) is 0 Å². The van der Waals surface area contributed by atoms with Crippen molar-refractivity contribution in [2.75, 3.05) is 38.1 Å². The Hall–Kier alpha value is -2.77. The lowest BCUT2D eigenvalue weighted by Gasteiger charge is -2.37. The van der Waals surface area contributed by atoms with Crippen LogP contribution in [0.4, 0.5) is 10.5 Å². The maximum atomic E-state index is 12.5. The highest BCUT2D eigenvalue weighted by Gasteiger charge is 2.44. The molecule has 0 spiro atoms. The second-order valence-electron chi connectivity index (χ2n) is 7.78. The predicted molar refractivity (Wildman–Crippen MR) is 105 cm³/mol. The Morgan fingerprint density at radius 2 is 2.04 bits per heavy atom. The molecule has 28 heavy (non-hydrogen) atoms. The smallest absolute Gasteiger partial charge is 0.325 e. The number of hydrogen-bond donors (Lipinski definition) is 1. The Morgan fingerprint density at radius 3 is 2.68 bits per heavy atom. The zero-order valence-electron chi connectivity index (χ0n) is 16.9. The summed E-state index contributed by atoms with van der Waals surface area (Å²) in [6.45, 7) is 7.47. The number of carbonyl (C=O) groups excluding carboxylic acids is 3. The average molecular weight is 388 g/mol. The normalized spacial score (nSPS) is 20.5. The lowest BCUT2D eigenvalue weighted by Crippen LogP contribution is -2.47. The molecule has 0 saturated carbocycles. The zero-order chi connectivity index (χ0) is 20.5. The number of anilines is 1. The number of amides is 4. The van der Waals surface area contributed by atoms with Gasteiger partial charge in [-0.25, -0.2) is 4.79 Å². The van der Waals surface area contributed by atoms with E-state index in [-0.39, 0.29) is 30.9 Å². The molecular weight excluding hydrogens is 360 g/mol. The molecule has 2 aliphatic heterocycles. The van der Waals surface area contributed by atoms with Gasteiger partial charge in [0, 0.05) is 26.6 Å². The van der Waals surface area contributed by atoms with E-state index in [9.17, 15) is 14.4 Å². The number of imide groups is 1. The molecular formula is C20H28N4O4. The minimum Gasteiger partial charge on any atom is -0.485 e. The lowest BCUT2D eigenvalue weighted by molar-refractivity contribution is -0.133. The van der Waals surface area contributed by atoms with Crippen molar-refractivity contribution in [3.63, 3.8) is 0 Å². The highest BCUT2D eigenvalue weighted by atomic mass is 16.5. The van der Waals surface area contributed by atoms with Gasteiger partial charge in [-0.3, -0.25) is 14.5 Å². The van der Waals surface area contributed by atoms with Crippen LogP contribution in [0.3, 0.4) is 0 Å². The molecule has 0 aliphatic carbocycles. The van der Waals surface area contributed by atoms with Crippen LogP contribution in [0.2, 0.25) is 0 Å². The van der Waals surface area contributed by atoms with Gasteiger partial charge in [0.1, 0.15) is 17.4 Å². The van der Waals surface area contributed by atoms with E-state index in [4.69, 9.17) is 4.74 Å². The van der Waals surface area contributed by atoms with Crippen LogP contribution in [-0.2, 0) is 9.59 Å². The number of ether oxygens (including phenoxy) is 1. The monoisotopic (exact) mass is 388 g/mol. The minimum atomic E-state index is -0.918. The predicted octanol–water partition coefficient (Wildman–Crippen LogP) is 1.45. The SMILES string of the molecule is CCN1C[C@H](CN(C)C(=O)CCN2C(=O)NC(C)(C)C2=O)Oc2ccccc21. The van der Waals surface area contributed by atoms with E-state index >= 15 is 0 Å². The van der Waals surface area contributed by atoms with Crippen molar-refractivity contribution in [1.82, 2.24) is 15.1 Å². The molecule has 0 bridgehead atoms. The largest absolute Gasteiger partial charge is 0.485 e. The van der Waals surface area contributed by atoms with Crippen molar-refractivity contribution < 1.29 is 19.1 Å². The summed E-state index contributed by atoms with van der Waals surface area (Å²) < 4.78 is 6.06. The second-order valence-corrected chi connectivity index (χ2v) is 7.78.